The van der Waals surface area contributed by atoms with E-state index in [0.717, 1.165) is 12.1 Å². The first kappa shape index (κ1) is 26.0. The van der Waals surface area contributed by atoms with E-state index in [1.54, 1.807) is 19.9 Å². The van der Waals surface area contributed by atoms with Gasteiger partial charge in [-0.1, -0.05) is 6.07 Å². The molecule has 6 nitrogen and oxygen atoms in total. The van der Waals surface area contributed by atoms with Crippen LogP contribution in [-0.2, 0) is 6.18 Å². The number of aromatic nitrogens is 1. The highest BCUT2D eigenvalue weighted by Gasteiger charge is 2.32. The van der Waals surface area contributed by atoms with Gasteiger partial charge in [0, 0.05) is 24.2 Å². The van der Waals surface area contributed by atoms with Gasteiger partial charge in [0.1, 0.15) is 23.9 Å². The van der Waals surface area contributed by atoms with E-state index >= 15 is 0 Å². The molecule has 0 aliphatic rings. The van der Waals surface area contributed by atoms with Crippen molar-refractivity contribution in [1.82, 2.24) is 10.3 Å². The second-order valence-electron chi connectivity index (χ2n) is 7.86. The van der Waals surface area contributed by atoms with Crippen molar-refractivity contribution in [1.29, 1.82) is 0 Å². The van der Waals surface area contributed by atoms with Gasteiger partial charge in [-0.05, 0) is 61.4 Å². The molecule has 0 unspecified atom stereocenters. The van der Waals surface area contributed by atoms with Crippen LogP contribution in [0.25, 0.3) is 11.3 Å². The first-order chi connectivity index (χ1) is 16.5. The topological polar surface area (TPSA) is 80.7 Å². The highest BCUT2D eigenvalue weighted by atomic mass is 19.4. The largest absolute Gasteiger partial charge is 0.497 e. The number of aryl methyl sites for hydroxylation is 1. The smallest absolute Gasteiger partial charge is 0.416 e. The van der Waals surface area contributed by atoms with Crippen molar-refractivity contribution in [3.05, 3.63) is 76.7 Å². The lowest BCUT2D eigenvalue weighted by Gasteiger charge is -2.17. The summed E-state index contributed by atoms with van der Waals surface area (Å²) in [6, 6.07) is 10.1. The number of carboxylic acids is 1. The number of nitrogens with zero attached hydrogens (tertiary/aromatic N) is 1. The van der Waals surface area contributed by atoms with Crippen molar-refractivity contribution in [3.8, 4) is 22.8 Å². The normalized spacial score (nSPS) is 12.3. The summed E-state index contributed by atoms with van der Waals surface area (Å²) in [4.78, 5) is 15.4. The molecular weight excluding hydrogens is 468 g/mol. The minimum Gasteiger partial charge on any atom is -0.497 e. The average Bonchev–Trinajstić information content (AvgIpc) is 2.80. The van der Waals surface area contributed by atoms with Gasteiger partial charge in [0.2, 0.25) is 0 Å². The molecule has 186 valence electrons. The second kappa shape index (κ2) is 10.7. The molecule has 1 aromatic heterocycles. The Bertz CT molecular complexity index is 1210. The highest BCUT2D eigenvalue weighted by Crippen LogP contribution is 2.35. The third kappa shape index (κ3) is 6.69. The van der Waals surface area contributed by atoms with Crippen LogP contribution in [0.3, 0.4) is 0 Å². The van der Waals surface area contributed by atoms with E-state index in [1.807, 2.05) is 0 Å². The standard InChI is InChI=1S/C25H24F4N2O4/c1-14-4-5-22(31-23(14)24(32)33)17-8-18(25(27,28)29)12-21(11-17)35-7-6-30-15(2)16-9-19(26)13-20(10-16)34-3/h4-5,8-13,15,30H,6-7H2,1-3H3,(H,32,33)/t15-/m1/s1. The molecule has 0 saturated heterocycles. The molecule has 0 saturated carbocycles. The van der Waals surface area contributed by atoms with Crippen LogP contribution in [0, 0.1) is 12.7 Å². The first-order valence-electron chi connectivity index (χ1n) is 10.6. The van der Waals surface area contributed by atoms with Gasteiger partial charge in [0.25, 0.3) is 0 Å². The van der Waals surface area contributed by atoms with Crippen LogP contribution in [0.4, 0.5) is 17.6 Å². The molecule has 0 radical (unpaired) electrons. The SMILES string of the molecule is COc1cc(F)cc([C@@H](C)NCCOc2cc(-c3ccc(C)c(C(=O)O)n3)cc(C(F)(F)F)c2)c1. The molecule has 0 amide bonds. The molecule has 3 rings (SSSR count). The fraction of sp³-hybridized carbons (Fsp3) is 0.280. The molecule has 1 atom stereocenters. The number of halogens is 4. The Morgan fingerprint density at radius 3 is 2.51 bits per heavy atom. The number of hydrogen-bond acceptors (Lipinski definition) is 5. The summed E-state index contributed by atoms with van der Waals surface area (Å²) in [5.41, 5.74) is -0.00284. The van der Waals surface area contributed by atoms with Crippen molar-refractivity contribution in [3.63, 3.8) is 0 Å². The lowest BCUT2D eigenvalue weighted by molar-refractivity contribution is -0.137. The van der Waals surface area contributed by atoms with E-state index in [2.05, 4.69) is 10.3 Å². The molecule has 10 heteroatoms. The maximum absolute atomic E-state index is 13.7. The van der Waals surface area contributed by atoms with Gasteiger partial charge in [0.05, 0.1) is 18.4 Å². The highest BCUT2D eigenvalue weighted by molar-refractivity contribution is 5.87. The predicted octanol–water partition coefficient (Wildman–Crippen LogP) is 5.65. The van der Waals surface area contributed by atoms with E-state index in [1.165, 1.54) is 37.4 Å². The molecule has 0 aliphatic carbocycles. The van der Waals surface area contributed by atoms with Crippen LogP contribution in [0.2, 0.25) is 0 Å². The van der Waals surface area contributed by atoms with Crippen LogP contribution in [0.15, 0.2) is 48.5 Å². The summed E-state index contributed by atoms with van der Waals surface area (Å²) in [5, 5.41) is 12.4. The quantitative estimate of drug-likeness (QED) is 0.297. The van der Waals surface area contributed by atoms with E-state index in [0.29, 0.717) is 16.9 Å². The predicted molar refractivity (Wildman–Crippen MR) is 121 cm³/mol. The van der Waals surface area contributed by atoms with Gasteiger partial charge in [-0.3, -0.25) is 0 Å². The van der Waals surface area contributed by atoms with Crippen LogP contribution in [0.1, 0.15) is 40.1 Å². The molecule has 0 spiro atoms. The van der Waals surface area contributed by atoms with Crippen LogP contribution in [-0.4, -0.2) is 36.3 Å². The van der Waals surface area contributed by atoms with Gasteiger partial charge < -0.3 is 19.9 Å². The maximum atomic E-state index is 13.7. The molecular formula is C25H24F4N2O4. The third-order valence-corrected chi connectivity index (χ3v) is 5.28. The minimum absolute atomic E-state index is 0.0270. The molecule has 2 N–H and O–H groups in total. The Labute approximate surface area is 199 Å². The fourth-order valence-electron chi connectivity index (χ4n) is 3.41. The van der Waals surface area contributed by atoms with Crippen LogP contribution in [0.5, 0.6) is 11.5 Å². The average molecular weight is 492 g/mol. The molecule has 0 aliphatic heterocycles. The van der Waals surface area contributed by atoms with Gasteiger partial charge in [-0.15, -0.1) is 0 Å². The molecule has 35 heavy (non-hydrogen) atoms. The van der Waals surface area contributed by atoms with Crippen LogP contribution < -0.4 is 14.8 Å². The van der Waals surface area contributed by atoms with Gasteiger partial charge in [-0.2, -0.15) is 13.2 Å². The molecule has 0 fully saturated rings. The Morgan fingerprint density at radius 2 is 1.86 bits per heavy atom. The van der Waals surface area contributed by atoms with Crippen molar-refractivity contribution in [2.45, 2.75) is 26.1 Å². The maximum Gasteiger partial charge on any atom is 0.416 e. The van der Waals surface area contributed by atoms with Crippen molar-refractivity contribution < 1.29 is 36.9 Å². The van der Waals surface area contributed by atoms with Crippen molar-refractivity contribution in [2.24, 2.45) is 0 Å². The Hall–Kier alpha value is -3.66. The number of benzene rings is 2. The van der Waals surface area contributed by atoms with Gasteiger partial charge in [-0.25, -0.2) is 14.2 Å². The first-order valence-corrected chi connectivity index (χ1v) is 10.6. The van der Waals surface area contributed by atoms with E-state index in [-0.39, 0.29) is 41.9 Å². The van der Waals surface area contributed by atoms with Crippen molar-refractivity contribution in [2.75, 3.05) is 20.3 Å². The van der Waals surface area contributed by atoms with E-state index in [9.17, 15) is 27.5 Å². The number of carbonyl (C=O) groups is 1. The molecule has 2 aromatic carbocycles. The van der Waals surface area contributed by atoms with Gasteiger partial charge >= 0.3 is 12.1 Å². The number of aromatic carboxylic acids is 1. The Kier molecular flexibility index (Phi) is 7.96. The lowest BCUT2D eigenvalue weighted by Crippen LogP contribution is -2.24. The number of pyridine rings is 1. The zero-order valence-electron chi connectivity index (χ0n) is 19.2. The van der Waals surface area contributed by atoms with E-state index in [4.69, 9.17) is 9.47 Å². The summed E-state index contributed by atoms with van der Waals surface area (Å²) in [6.07, 6.45) is -4.64. The molecule has 3 aromatic rings. The Morgan fingerprint density at radius 1 is 1.11 bits per heavy atom. The summed E-state index contributed by atoms with van der Waals surface area (Å²) < 4.78 is 64.8. The Balaban J connectivity index is 1.76. The van der Waals surface area contributed by atoms with Crippen LogP contribution >= 0.6 is 0 Å². The monoisotopic (exact) mass is 492 g/mol. The third-order valence-electron chi connectivity index (χ3n) is 5.28. The number of rotatable bonds is 9. The second-order valence-corrected chi connectivity index (χ2v) is 7.86. The number of alkyl halides is 3. The number of carboxylic acid groups (broad SMARTS) is 1. The number of ether oxygens (including phenoxy) is 2. The minimum atomic E-state index is -4.64. The molecule has 1 heterocycles. The van der Waals surface area contributed by atoms with Gasteiger partial charge in [0.15, 0.2) is 5.69 Å². The lowest BCUT2D eigenvalue weighted by atomic mass is 10.0. The summed E-state index contributed by atoms with van der Waals surface area (Å²) in [5.74, 6) is -1.39. The molecule has 0 bridgehead atoms. The summed E-state index contributed by atoms with van der Waals surface area (Å²) in [6.45, 7) is 3.64. The summed E-state index contributed by atoms with van der Waals surface area (Å²) >= 11 is 0. The number of nitrogens with one attached hydrogen (secondary N) is 1. The zero-order valence-corrected chi connectivity index (χ0v) is 19.2. The zero-order chi connectivity index (χ0) is 25.8. The number of hydrogen-bond donors (Lipinski definition) is 2. The summed E-state index contributed by atoms with van der Waals surface area (Å²) in [7, 11) is 1.43. The fourth-order valence-corrected chi connectivity index (χ4v) is 3.41. The van der Waals surface area contributed by atoms with E-state index < -0.39 is 23.5 Å². The number of methoxy groups -OCH3 is 1. The van der Waals surface area contributed by atoms with Crippen molar-refractivity contribution >= 4 is 5.97 Å².